The van der Waals surface area contributed by atoms with E-state index in [1.165, 1.54) is 6.07 Å². The van der Waals surface area contributed by atoms with E-state index in [-0.39, 0.29) is 18.0 Å². The summed E-state index contributed by atoms with van der Waals surface area (Å²) in [6, 6.07) is 11.5. The fourth-order valence-corrected chi connectivity index (χ4v) is 4.24. The zero-order valence-corrected chi connectivity index (χ0v) is 21.0. The molecule has 38 heavy (non-hydrogen) atoms. The molecule has 2 aliphatic rings. The van der Waals surface area contributed by atoms with Crippen LogP contribution in [-0.4, -0.2) is 80.7 Å². The molecule has 2 aromatic carbocycles. The molecule has 0 unspecified atom stereocenters. The van der Waals surface area contributed by atoms with Crippen LogP contribution in [-0.2, 0) is 25.0 Å². The smallest absolute Gasteiger partial charge is 0.462 e. The van der Waals surface area contributed by atoms with E-state index in [0.29, 0.717) is 18.7 Å². The predicted octanol–water partition coefficient (Wildman–Crippen LogP) is 0.883. The van der Waals surface area contributed by atoms with Gasteiger partial charge < -0.3 is 56.5 Å². The summed E-state index contributed by atoms with van der Waals surface area (Å²) in [7, 11) is -4.74. The molecular weight excluding hydrogens is 531 g/mol. The van der Waals surface area contributed by atoms with Gasteiger partial charge in [-0.2, -0.15) is 0 Å². The third-order valence-electron chi connectivity index (χ3n) is 5.82. The summed E-state index contributed by atoms with van der Waals surface area (Å²) in [4.78, 5) is 29.9. The van der Waals surface area contributed by atoms with Gasteiger partial charge in [0.2, 0.25) is 6.29 Å². The van der Waals surface area contributed by atoms with Gasteiger partial charge in [-0.25, -0.2) is 4.57 Å². The SMILES string of the molecule is N.N.O=[N+]([O-])c1ccc2c(c1)CCN2c1ccc(O[C@H]2O[C@H](COCOP(=O)(O)O)[C@@H](O)[C@H](O)[C@@H]2O)cc1. The number of fused-ring (bicyclic) bond motifs is 1. The van der Waals surface area contributed by atoms with Crippen molar-refractivity contribution >= 4 is 24.9 Å². The van der Waals surface area contributed by atoms with E-state index in [9.17, 15) is 30.0 Å². The van der Waals surface area contributed by atoms with E-state index >= 15 is 0 Å². The summed E-state index contributed by atoms with van der Waals surface area (Å²) in [5.41, 5.74) is 2.58. The highest BCUT2D eigenvalue weighted by Gasteiger charge is 2.45. The maximum atomic E-state index is 11.0. The predicted molar refractivity (Wildman–Crippen MR) is 132 cm³/mol. The first-order valence-electron chi connectivity index (χ1n) is 10.8. The van der Waals surface area contributed by atoms with Crippen molar-refractivity contribution in [3.63, 3.8) is 0 Å². The molecule has 1 fully saturated rings. The van der Waals surface area contributed by atoms with Crippen molar-refractivity contribution in [3.8, 4) is 5.75 Å². The molecule has 0 spiro atoms. The summed E-state index contributed by atoms with van der Waals surface area (Å²) in [5.74, 6) is 0.291. The van der Waals surface area contributed by atoms with Crippen molar-refractivity contribution in [2.45, 2.75) is 37.1 Å². The number of nitro groups is 1. The lowest BCUT2D eigenvalue weighted by Gasteiger charge is -2.40. The van der Waals surface area contributed by atoms with Gasteiger partial charge in [0.15, 0.2) is 6.79 Å². The average molecular weight is 562 g/mol. The van der Waals surface area contributed by atoms with E-state index < -0.39 is 56.9 Å². The van der Waals surface area contributed by atoms with Crippen LogP contribution >= 0.6 is 7.82 Å². The lowest BCUT2D eigenvalue weighted by Crippen LogP contribution is -2.60. The molecule has 0 saturated carbocycles. The first-order chi connectivity index (χ1) is 17.0. The van der Waals surface area contributed by atoms with Crippen molar-refractivity contribution in [1.29, 1.82) is 0 Å². The highest BCUT2D eigenvalue weighted by atomic mass is 31.2. The Bertz CT molecular complexity index is 1130. The van der Waals surface area contributed by atoms with Crippen molar-refractivity contribution in [3.05, 3.63) is 58.1 Å². The number of aliphatic hydroxyl groups excluding tert-OH is 3. The number of nitrogens with zero attached hydrogens (tertiary/aromatic N) is 2. The second-order valence-corrected chi connectivity index (χ2v) is 9.45. The number of non-ortho nitro benzene ring substituents is 1. The van der Waals surface area contributed by atoms with Crippen molar-refractivity contribution < 1.29 is 53.3 Å². The van der Waals surface area contributed by atoms with E-state index in [0.717, 1.165) is 16.9 Å². The van der Waals surface area contributed by atoms with Crippen LogP contribution in [0.15, 0.2) is 42.5 Å². The molecular formula is C21H31N4O12P. The minimum atomic E-state index is -4.74. The van der Waals surface area contributed by atoms with Gasteiger partial charge in [-0.15, -0.1) is 0 Å². The molecule has 1 saturated heterocycles. The fourth-order valence-electron chi connectivity index (χ4n) is 4.03. The number of nitro benzene ring substituents is 1. The normalized spacial score (nSPS) is 24.7. The van der Waals surface area contributed by atoms with E-state index in [1.54, 1.807) is 36.4 Å². The van der Waals surface area contributed by atoms with Crippen LogP contribution in [0, 0.1) is 10.1 Å². The number of hydrogen-bond donors (Lipinski definition) is 7. The molecule has 212 valence electrons. The first kappa shape index (κ1) is 31.5. The molecule has 2 heterocycles. The van der Waals surface area contributed by atoms with Gasteiger partial charge in [-0.05, 0) is 42.3 Å². The van der Waals surface area contributed by atoms with E-state index in [2.05, 4.69) is 4.52 Å². The monoisotopic (exact) mass is 562 g/mol. The zero-order chi connectivity index (χ0) is 26.0. The molecule has 0 aliphatic carbocycles. The number of phosphoric acid groups is 1. The summed E-state index contributed by atoms with van der Waals surface area (Å²) < 4.78 is 30.9. The van der Waals surface area contributed by atoms with Crippen LogP contribution in [0.1, 0.15) is 5.56 Å². The number of ether oxygens (including phenoxy) is 3. The molecule has 17 heteroatoms. The molecule has 2 aromatic rings. The first-order valence-corrected chi connectivity index (χ1v) is 12.4. The Kier molecular flexibility index (Phi) is 10.7. The fraction of sp³-hybridized carbons (Fsp3) is 0.429. The Balaban J connectivity index is 0.00000253. The highest BCUT2D eigenvalue weighted by molar-refractivity contribution is 7.46. The Morgan fingerprint density at radius 3 is 2.37 bits per heavy atom. The Morgan fingerprint density at radius 2 is 1.74 bits per heavy atom. The highest BCUT2D eigenvalue weighted by Crippen LogP contribution is 2.37. The largest absolute Gasteiger partial charge is 0.471 e. The molecule has 0 amide bonds. The molecule has 0 aromatic heterocycles. The van der Waals surface area contributed by atoms with Crippen LogP contribution in [0.25, 0.3) is 0 Å². The molecule has 0 bridgehead atoms. The standard InChI is InChI=1S/C21H25N2O12P.2H3N/c24-18-17(10-32-11-33-36(29,30)31)35-21(20(26)19(18)25)34-15-4-1-13(2-5-15)22-8-7-12-9-14(23(27)28)3-6-16(12)22;;/h1-6,9,17-21,24-26H,7-8,10-11H2,(H2,29,30,31);2*1H3/t17-,18-,19+,20+,21+;;/m1../s1. The molecule has 16 nitrogen and oxygen atoms in total. The number of hydrogen-bond acceptors (Lipinski definition) is 13. The summed E-state index contributed by atoms with van der Waals surface area (Å²) in [6.45, 7) is -0.551. The quantitative estimate of drug-likeness (QED) is 0.0734. The lowest BCUT2D eigenvalue weighted by atomic mass is 9.99. The van der Waals surface area contributed by atoms with Gasteiger partial charge in [0.1, 0.15) is 30.2 Å². The third-order valence-corrected chi connectivity index (χ3v) is 6.27. The average Bonchev–Trinajstić information content (AvgIpc) is 3.26. The van der Waals surface area contributed by atoms with Crippen LogP contribution in [0.3, 0.4) is 0 Å². The number of aliphatic hydroxyl groups is 3. The summed E-state index contributed by atoms with van der Waals surface area (Å²) in [6.07, 6.45) is -6.69. The number of benzene rings is 2. The van der Waals surface area contributed by atoms with Gasteiger partial charge in [0, 0.05) is 30.1 Å². The van der Waals surface area contributed by atoms with Crippen molar-refractivity contribution in [2.75, 3.05) is 24.8 Å². The van der Waals surface area contributed by atoms with Crippen LogP contribution in [0.5, 0.6) is 5.75 Å². The third kappa shape index (κ3) is 7.22. The number of anilines is 2. The Hall–Kier alpha value is -2.73. The molecule has 4 rings (SSSR count). The van der Waals surface area contributed by atoms with Gasteiger partial charge in [0.05, 0.1) is 11.5 Å². The second-order valence-electron chi connectivity index (χ2n) is 8.21. The minimum absolute atomic E-state index is 0. The summed E-state index contributed by atoms with van der Waals surface area (Å²) >= 11 is 0. The van der Waals surface area contributed by atoms with E-state index in [1.807, 2.05) is 4.90 Å². The van der Waals surface area contributed by atoms with Crippen LogP contribution in [0.4, 0.5) is 17.1 Å². The lowest BCUT2D eigenvalue weighted by molar-refractivity contribution is -0.384. The number of phosphoric ester groups is 1. The van der Waals surface area contributed by atoms with Crippen molar-refractivity contribution in [2.24, 2.45) is 0 Å². The topological polar surface area (TPSA) is 272 Å². The molecule has 5 atom stereocenters. The van der Waals surface area contributed by atoms with Gasteiger partial charge >= 0.3 is 7.82 Å². The van der Waals surface area contributed by atoms with Gasteiger partial charge in [-0.1, -0.05) is 0 Å². The van der Waals surface area contributed by atoms with Crippen molar-refractivity contribution in [1.82, 2.24) is 12.3 Å². The number of rotatable bonds is 9. The minimum Gasteiger partial charge on any atom is -0.462 e. The molecule has 11 N–H and O–H groups in total. The van der Waals surface area contributed by atoms with Crippen LogP contribution < -0.4 is 21.9 Å². The maximum absolute atomic E-state index is 11.0. The summed E-state index contributed by atoms with van der Waals surface area (Å²) in [5, 5.41) is 41.6. The van der Waals surface area contributed by atoms with Gasteiger partial charge in [0.25, 0.3) is 5.69 Å². The molecule has 0 radical (unpaired) electrons. The second kappa shape index (κ2) is 12.9. The molecule has 2 aliphatic heterocycles. The Morgan fingerprint density at radius 1 is 1.05 bits per heavy atom. The van der Waals surface area contributed by atoms with Crippen LogP contribution in [0.2, 0.25) is 0 Å². The maximum Gasteiger partial charge on any atom is 0.471 e. The zero-order valence-electron chi connectivity index (χ0n) is 20.1. The van der Waals surface area contributed by atoms with Gasteiger partial charge in [-0.3, -0.25) is 14.6 Å². The Labute approximate surface area is 216 Å². The van der Waals surface area contributed by atoms with E-state index in [4.69, 9.17) is 24.0 Å².